The fourth-order valence-corrected chi connectivity index (χ4v) is 2.06. The zero-order valence-corrected chi connectivity index (χ0v) is 13.6. The summed E-state index contributed by atoms with van der Waals surface area (Å²) in [6, 6.07) is 10.7. The van der Waals surface area contributed by atoms with E-state index in [-0.39, 0.29) is 17.1 Å². The molecule has 0 saturated carbocycles. The highest BCUT2D eigenvalue weighted by molar-refractivity contribution is 6.30. The molecule has 0 saturated heterocycles. The van der Waals surface area contributed by atoms with Gasteiger partial charge in [0.25, 0.3) is 5.91 Å². The van der Waals surface area contributed by atoms with Gasteiger partial charge in [-0.2, -0.15) is 0 Å². The van der Waals surface area contributed by atoms with Crippen molar-refractivity contribution >= 4 is 29.2 Å². The Labute approximate surface area is 143 Å². The summed E-state index contributed by atoms with van der Waals surface area (Å²) in [4.78, 5) is 23.4. The molecule has 24 heavy (non-hydrogen) atoms. The number of rotatable bonds is 6. The molecule has 126 valence electrons. The molecule has 7 heteroatoms. The van der Waals surface area contributed by atoms with Crippen LogP contribution in [0.4, 0.5) is 10.1 Å². The van der Waals surface area contributed by atoms with Gasteiger partial charge in [-0.3, -0.25) is 9.59 Å². The van der Waals surface area contributed by atoms with Crippen molar-refractivity contribution in [2.24, 2.45) is 0 Å². The van der Waals surface area contributed by atoms with E-state index in [0.717, 1.165) is 11.6 Å². The summed E-state index contributed by atoms with van der Waals surface area (Å²) in [6.07, 6.45) is 0.0167. The lowest BCUT2D eigenvalue weighted by Gasteiger charge is -2.08. The first kappa shape index (κ1) is 17.7. The van der Waals surface area contributed by atoms with Gasteiger partial charge in [0.05, 0.1) is 19.2 Å². The number of ether oxygens (including phenoxy) is 2. The number of carbonyl (C=O) groups excluding carboxylic acids is 2. The Morgan fingerprint density at radius 2 is 1.88 bits per heavy atom. The van der Waals surface area contributed by atoms with Gasteiger partial charge in [-0.1, -0.05) is 23.7 Å². The molecule has 1 N–H and O–H groups in total. The first-order valence-electron chi connectivity index (χ1n) is 7.01. The Hall–Kier alpha value is -2.60. The smallest absolute Gasteiger partial charge is 0.310 e. The predicted molar refractivity (Wildman–Crippen MR) is 87.7 cm³/mol. The topological polar surface area (TPSA) is 64.6 Å². The van der Waals surface area contributed by atoms with Crippen molar-refractivity contribution in [1.82, 2.24) is 0 Å². The molecule has 0 aliphatic rings. The number of esters is 1. The van der Waals surface area contributed by atoms with Crippen LogP contribution in [-0.4, -0.2) is 25.6 Å². The van der Waals surface area contributed by atoms with Gasteiger partial charge in [-0.05, 0) is 35.9 Å². The second-order valence-electron chi connectivity index (χ2n) is 4.86. The van der Waals surface area contributed by atoms with Gasteiger partial charge in [0.15, 0.2) is 6.61 Å². The van der Waals surface area contributed by atoms with Gasteiger partial charge < -0.3 is 14.8 Å². The average molecular weight is 352 g/mol. The highest BCUT2D eigenvalue weighted by atomic mass is 35.5. The number of carbonyl (C=O) groups is 2. The summed E-state index contributed by atoms with van der Waals surface area (Å²) in [7, 11) is 1.55. The molecular weight excluding hydrogens is 337 g/mol. The van der Waals surface area contributed by atoms with Crippen molar-refractivity contribution in [3.63, 3.8) is 0 Å². The zero-order valence-electron chi connectivity index (χ0n) is 12.8. The number of methoxy groups -OCH3 is 1. The van der Waals surface area contributed by atoms with E-state index in [1.165, 1.54) is 12.1 Å². The number of amides is 1. The second kappa shape index (κ2) is 8.31. The zero-order chi connectivity index (χ0) is 17.5. The number of halogens is 2. The Morgan fingerprint density at radius 1 is 1.17 bits per heavy atom. The third kappa shape index (κ3) is 5.24. The maximum atomic E-state index is 13.5. The molecule has 0 aromatic heterocycles. The SMILES string of the molecule is COc1ccc(CC(=O)OCC(=O)Nc2cc(Cl)ccc2F)cc1. The summed E-state index contributed by atoms with van der Waals surface area (Å²) in [5.41, 5.74) is 0.654. The van der Waals surface area contributed by atoms with E-state index < -0.39 is 24.3 Å². The molecule has 2 aromatic carbocycles. The fraction of sp³-hybridized carbons (Fsp3) is 0.176. The summed E-state index contributed by atoms with van der Waals surface area (Å²) in [5, 5.41) is 2.57. The molecule has 0 atom stereocenters. The van der Waals surface area contributed by atoms with Crippen LogP contribution in [0.2, 0.25) is 5.02 Å². The first-order chi connectivity index (χ1) is 11.5. The van der Waals surface area contributed by atoms with E-state index in [2.05, 4.69) is 5.32 Å². The summed E-state index contributed by atoms with van der Waals surface area (Å²) in [5.74, 6) is -1.17. The molecule has 0 unspecified atom stereocenters. The minimum absolute atomic E-state index is 0.0167. The van der Waals surface area contributed by atoms with Crippen LogP contribution in [0.3, 0.4) is 0 Å². The Morgan fingerprint density at radius 3 is 2.54 bits per heavy atom. The van der Waals surface area contributed by atoms with Crippen LogP contribution < -0.4 is 10.1 Å². The molecule has 0 radical (unpaired) electrons. The molecule has 0 heterocycles. The highest BCUT2D eigenvalue weighted by Gasteiger charge is 2.11. The number of nitrogens with one attached hydrogen (secondary N) is 1. The van der Waals surface area contributed by atoms with E-state index in [1.54, 1.807) is 31.4 Å². The summed E-state index contributed by atoms with van der Waals surface area (Å²) < 4.78 is 23.4. The Bertz CT molecular complexity index is 734. The Kier molecular flexibility index (Phi) is 6.14. The van der Waals surface area contributed by atoms with Gasteiger partial charge in [-0.15, -0.1) is 0 Å². The summed E-state index contributed by atoms with van der Waals surface area (Å²) >= 11 is 5.73. The van der Waals surface area contributed by atoms with Gasteiger partial charge >= 0.3 is 5.97 Å². The average Bonchev–Trinajstić information content (AvgIpc) is 2.57. The van der Waals surface area contributed by atoms with Crippen molar-refractivity contribution in [3.05, 3.63) is 58.9 Å². The lowest BCUT2D eigenvalue weighted by Crippen LogP contribution is -2.22. The van der Waals surface area contributed by atoms with Gasteiger partial charge in [-0.25, -0.2) is 4.39 Å². The molecule has 0 fully saturated rings. The number of hydrogen-bond donors (Lipinski definition) is 1. The molecule has 2 aromatic rings. The molecule has 1 amide bonds. The maximum absolute atomic E-state index is 13.5. The second-order valence-corrected chi connectivity index (χ2v) is 5.29. The van der Waals surface area contributed by atoms with E-state index in [9.17, 15) is 14.0 Å². The van der Waals surface area contributed by atoms with Crippen LogP contribution in [0.25, 0.3) is 0 Å². The molecule has 0 spiro atoms. The minimum Gasteiger partial charge on any atom is -0.497 e. The largest absolute Gasteiger partial charge is 0.497 e. The lowest BCUT2D eigenvalue weighted by atomic mass is 10.1. The van der Waals surface area contributed by atoms with Crippen LogP contribution in [-0.2, 0) is 20.7 Å². The van der Waals surface area contributed by atoms with Crippen LogP contribution >= 0.6 is 11.6 Å². The normalized spacial score (nSPS) is 10.1. The third-order valence-corrected chi connectivity index (χ3v) is 3.31. The lowest BCUT2D eigenvalue weighted by molar-refractivity contribution is -0.146. The number of hydrogen-bond acceptors (Lipinski definition) is 4. The number of benzene rings is 2. The highest BCUT2D eigenvalue weighted by Crippen LogP contribution is 2.19. The molecule has 0 bridgehead atoms. The molecule has 5 nitrogen and oxygen atoms in total. The van der Waals surface area contributed by atoms with E-state index in [0.29, 0.717) is 5.75 Å². The first-order valence-corrected chi connectivity index (χ1v) is 7.39. The molecule has 0 aliphatic carbocycles. The van der Waals surface area contributed by atoms with Gasteiger partial charge in [0.1, 0.15) is 11.6 Å². The summed E-state index contributed by atoms with van der Waals surface area (Å²) in [6.45, 7) is -0.513. The van der Waals surface area contributed by atoms with Gasteiger partial charge in [0, 0.05) is 5.02 Å². The van der Waals surface area contributed by atoms with Crippen LogP contribution in [0, 0.1) is 5.82 Å². The van der Waals surface area contributed by atoms with Crippen molar-refractivity contribution in [2.75, 3.05) is 19.0 Å². The molecule has 2 rings (SSSR count). The van der Waals surface area contributed by atoms with E-state index in [1.807, 2.05) is 0 Å². The van der Waals surface area contributed by atoms with Crippen LogP contribution in [0.1, 0.15) is 5.56 Å². The van der Waals surface area contributed by atoms with E-state index >= 15 is 0 Å². The van der Waals surface area contributed by atoms with Crippen molar-refractivity contribution < 1.29 is 23.5 Å². The monoisotopic (exact) mass is 351 g/mol. The minimum atomic E-state index is -0.653. The Balaban J connectivity index is 1.82. The van der Waals surface area contributed by atoms with Crippen LogP contribution in [0.5, 0.6) is 5.75 Å². The van der Waals surface area contributed by atoms with Crippen molar-refractivity contribution in [3.8, 4) is 5.75 Å². The molecular formula is C17H15ClFNO4. The molecule has 0 aliphatic heterocycles. The van der Waals surface area contributed by atoms with Gasteiger partial charge in [0.2, 0.25) is 0 Å². The predicted octanol–water partition coefficient (Wildman–Crippen LogP) is 3.21. The fourth-order valence-electron chi connectivity index (χ4n) is 1.89. The van der Waals surface area contributed by atoms with E-state index in [4.69, 9.17) is 21.1 Å². The maximum Gasteiger partial charge on any atom is 0.310 e. The van der Waals surface area contributed by atoms with Crippen molar-refractivity contribution in [1.29, 1.82) is 0 Å². The quantitative estimate of drug-likeness (QED) is 0.812. The third-order valence-electron chi connectivity index (χ3n) is 3.07. The van der Waals surface area contributed by atoms with Crippen LogP contribution in [0.15, 0.2) is 42.5 Å². The standard InChI is InChI=1S/C17H15ClFNO4/c1-23-13-5-2-11(3-6-13)8-17(22)24-10-16(21)20-15-9-12(18)4-7-14(15)19/h2-7,9H,8,10H2,1H3,(H,20,21). The number of anilines is 1. The van der Waals surface area contributed by atoms with Crippen molar-refractivity contribution in [2.45, 2.75) is 6.42 Å².